The molecule has 17 heavy (non-hydrogen) atoms. The van der Waals surface area contributed by atoms with Gasteiger partial charge in [0.15, 0.2) is 0 Å². The average Bonchev–Trinajstić information content (AvgIpc) is 3.02. The predicted octanol–water partition coefficient (Wildman–Crippen LogP) is 2.07. The molecule has 0 aliphatic heterocycles. The molecule has 1 atom stereocenters. The van der Waals surface area contributed by atoms with Crippen LogP contribution < -0.4 is 11.1 Å². The van der Waals surface area contributed by atoms with E-state index in [0.29, 0.717) is 18.3 Å². The van der Waals surface area contributed by atoms with Crippen LogP contribution in [0.5, 0.6) is 0 Å². The maximum atomic E-state index is 11.6. The Morgan fingerprint density at radius 3 is 3.00 bits per heavy atom. The van der Waals surface area contributed by atoms with Gasteiger partial charge in [0.1, 0.15) is 0 Å². The number of hydrogen-bond acceptors (Lipinski definition) is 4. The fourth-order valence-electron chi connectivity index (χ4n) is 1.64. The van der Waals surface area contributed by atoms with Crippen LogP contribution in [0.15, 0.2) is 11.4 Å². The Hall–Kier alpha value is -0.520. The molecule has 3 nitrogen and oxygen atoms in total. The second-order valence-corrected chi connectivity index (χ2v) is 6.48. The number of hydrogen-bond donors (Lipinski definition) is 2. The molecule has 1 aliphatic rings. The normalized spacial score (nSPS) is 16.8. The zero-order valence-corrected chi connectivity index (χ0v) is 11.6. The van der Waals surface area contributed by atoms with Crippen molar-refractivity contribution in [1.82, 2.24) is 5.32 Å². The van der Waals surface area contributed by atoms with Gasteiger partial charge in [0.25, 0.3) is 0 Å². The van der Waals surface area contributed by atoms with Gasteiger partial charge < -0.3 is 11.1 Å². The first-order chi connectivity index (χ1) is 8.20. The van der Waals surface area contributed by atoms with Crippen molar-refractivity contribution in [2.75, 3.05) is 12.3 Å². The Labute approximate surface area is 110 Å². The van der Waals surface area contributed by atoms with Crippen molar-refractivity contribution in [2.45, 2.75) is 31.1 Å². The molecule has 1 saturated carbocycles. The number of nitrogens with two attached hydrogens (primary N) is 1. The number of thioether (sulfide) groups is 1. The van der Waals surface area contributed by atoms with Gasteiger partial charge in [0, 0.05) is 17.5 Å². The minimum absolute atomic E-state index is 0.144. The number of amides is 1. The molecule has 1 unspecified atom stereocenters. The van der Waals surface area contributed by atoms with Crippen LogP contribution in [0, 0.1) is 6.92 Å². The van der Waals surface area contributed by atoms with Crippen molar-refractivity contribution < 1.29 is 4.79 Å². The molecule has 94 valence electrons. The third kappa shape index (κ3) is 3.72. The van der Waals surface area contributed by atoms with Gasteiger partial charge in [0.05, 0.1) is 11.0 Å². The number of thiophene rings is 1. The van der Waals surface area contributed by atoms with Crippen LogP contribution in [0.2, 0.25) is 0 Å². The second kappa shape index (κ2) is 5.89. The molecular formula is C12H18N2OS2. The Morgan fingerprint density at radius 1 is 1.71 bits per heavy atom. The highest BCUT2D eigenvalue weighted by Crippen LogP contribution is 2.33. The van der Waals surface area contributed by atoms with Crippen LogP contribution in [0.4, 0.5) is 0 Å². The van der Waals surface area contributed by atoms with Crippen molar-refractivity contribution in [3.63, 3.8) is 0 Å². The quantitative estimate of drug-likeness (QED) is 0.832. The van der Waals surface area contributed by atoms with Gasteiger partial charge in [-0.05, 0) is 36.8 Å². The van der Waals surface area contributed by atoms with E-state index in [-0.39, 0.29) is 11.2 Å². The van der Waals surface area contributed by atoms with Crippen molar-refractivity contribution >= 4 is 29.0 Å². The summed E-state index contributed by atoms with van der Waals surface area (Å²) in [6.07, 6.45) is 2.28. The largest absolute Gasteiger partial charge is 0.353 e. The van der Waals surface area contributed by atoms with E-state index in [2.05, 4.69) is 23.7 Å². The summed E-state index contributed by atoms with van der Waals surface area (Å²) < 4.78 is 0. The van der Waals surface area contributed by atoms with E-state index < -0.39 is 0 Å². The summed E-state index contributed by atoms with van der Waals surface area (Å²) in [6, 6.07) is 2.55. The van der Waals surface area contributed by atoms with E-state index in [0.717, 1.165) is 12.8 Å². The number of aryl methyl sites for hydroxylation is 1. The molecule has 5 heteroatoms. The summed E-state index contributed by atoms with van der Waals surface area (Å²) in [5.74, 6) is 0.653. The zero-order chi connectivity index (χ0) is 12.3. The van der Waals surface area contributed by atoms with Crippen LogP contribution in [-0.4, -0.2) is 24.2 Å². The highest BCUT2D eigenvalue weighted by molar-refractivity contribution is 8.00. The highest BCUT2D eigenvalue weighted by atomic mass is 32.2. The molecule has 0 saturated heterocycles. The SMILES string of the molecule is Cc1ccsc1C(CN)SCC(=O)NC1CC1. The van der Waals surface area contributed by atoms with E-state index >= 15 is 0 Å². The monoisotopic (exact) mass is 270 g/mol. The minimum atomic E-state index is 0.144. The molecular weight excluding hydrogens is 252 g/mol. The number of rotatable bonds is 6. The van der Waals surface area contributed by atoms with Gasteiger partial charge in [-0.1, -0.05) is 0 Å². The van der Waals surface area contributed by atoms with Crippen LogP contribution in [0.25, 0.3) is 0 Å². The number of nitrogens with one attached hydrogen (secondary N) is 1. The van der Waals surface area contributed by atoms with E-state index in [9.17, 15) is 4.79 Å². The van der Waals surface area contributed by atoms with E-state index in [1.807, 2.05) is 0 Å². The fraction of sp³-hybridized carbons (Fsp3) is 0.583. The molecule has 1 aromatic rings. The van der Waals surface area contributed by atoms with Gasteiger partial charge >= 0.3 is 0 Å². The molecule has 1 heterocycles. The molecule has 0 spiro atoms. The first-order valence-corrected chi connectivity index (χ1v) is 7.78. The summed E-state index contributed by atoms with van der Waals surface area (Å²) in [6.45, 7) is 2.68. The summed E-state index contributed by atoms with van der Waals surface area (Å²) in [5, 5.41) is 5.33. The standard InChI is InChI=1S/C12H18N2OS2/c1-8-4-5-16-12(8)10(6-13)17-7-11(15)14-9-2-3-9/h4-5,9-10H,2-3,6-7,13H2,1H3,(H,14,15). The molecule has 0 aromatic carbocycles. The summed E-state index contributed by atoms with van der Waals surface area (Å²) in [7, 11) is 0. The summed E-state index contributed by atoms with van der Waals surface area (Å²) in [5.41, 5.74) is 7.07. The lowest BCUT2D eigenvalue weighted by Crippen LogP contribution is -2.27. The molecule has 1 fully saturated rings. The average molecular weight is 270 g/mol. The van der Waals surface area contributed by atoms with E-state index in [1.165, 1.54) is 10.4 Å². The van der Waals surface area contributed by atoms with Crippen LogP contribution in [0.3, 0.4) is 0 Å². The Kier molecular flexibility index (Phi) is 4.48. The van der Waals surface area contributed by atoms with Gasteiger partial charge in [-0.15, -0.1) is 23.1 Å². The maximum Gasteiger partial charge on any atom is 0.230 e. The molecule has 1 amide bonds. The smallest absolute Gasteiger partial charge is 0.230 e. The summed E-state index contributed by atoms with van der Waals surface area (Å²) in [4.78, 5) is 12.9. The van der Waals surface area contributed by atoms with E-state index in [4.69, 9.17) is 5.73 Å². The highest BCUT2D eigenvalue weighted by Gasteiger charge is 2.24. The Bertz CT molecular complexity index is 388. The van der Waals surface area contributed by atoms with Crippen molar-refractivity contribution in [2.24, 2.45) is 5.73 Å². The molecule has 0 radical (unpaired) electrons. The first kappa shape index (κ1) is 12.9. The Morgan fingerprint density at radius 2 is 2.47 bits per heavy atom. The maximum absolute atomic E-state index is 11.6. The molecule has 3 N–H and O–H groups in total. The van der Waals surface area contributed by atoms with Gasteiger partial charge in [0.2, 0.25) is 5.91 Å². The van der Waals surface area contributed by atoms with Gasteiger partial charge in [-0.3, -0.25) is 4.79 Å². The third-order valence-corrected chi connectivity index (χ3v) is 5.31. The lowest BCUT2D eigenvalue weighted by Gasteiger charge is -2.13. The lowest BCUT2D eigenvalue weighted by atomic mass is 10.2. The zero-order valence-electron chi connectivity index (χ0n) is 9.94. The lowest BCUT2D eigenvalue weighted by molar-refractivity contribution is -0.118. The van der Waals surface area contributed by atoms with Crippen LogP contribution in [-0.2, 0) is 4.79 Å². The molecule has 0 bridgehead atoms. The molecule has 1 aromatic heterocycles. The second-order valence-electron chi connectivity index (χ2n) is 4.35. The van der Waals surface area contributed by atoms with Crippen molar-refractivity contribution in [3.8, 4) is 0 Å². The van der Waals surface area contributed by atoms with Crippen molar-refractivity contribution in [1.29, 1.82) is 0 Å². The third-order valence-electron chi connectivity index (χ3n) is 2.77. The van der Waals surface area contributed by atoms with E-state index in [1.54, 1.807) is 23.1 Å². The predicted molar refractivity (Wildman–Crippen MR) is 74.5 cm³/mol. The first-order valence-electron chi connectivity index (χ1n) is 5.85. The summed E-state index contributed by atoms with van der Waals surface area (Å²) >= 11 is 3.37. The number of carbonyl (C=O) groups excluding carboxylic acids is 1. The fourth-order valence-corrected chi connectivity index (χ4v) is 3.84. The van der Waals surface area contributed by atoms with Gasteiger partial charge in [-0.25, -0.2) is 0 Å². The topological polar surface area (TPSA) is 55.1 Å². The molecule has 1 aliphatic carbocycles. The Balaban J connectivity index is 1.82. The number of carbonyl (C=O) groups is 1. The van der Waals surface area contributed by atoms with Crippen LogP contribution >= 0.6 is 23.1 Å². The van der Waals surface area contributed by atoms with Crippen LogP contribution in [0.1, 0.15) is 28.5 Å². The van der Waals surface area contributed by atoms with Crippen molar-refractivity contribution in [3.05, 3.63) is 21.9 Å². The van der Waals surface area contributed by atoms with Gasteiger partial charge in [-0.2, -0.15) is 0 Å². The minimum Gasteiger partial charge on any atom is -0.353 e. The molecule has 2 rings (SSSR count).